The van der Waals surface area contributed by atoms with Crippen LogP contribution in [0.15, 0.2) is 90.0 Å². The van der Waals surface area contributed by atoms with Gasteiger partial charge in [-0.2, -0.15) is 5.10 Å². The van der Waals surface area contributed by atoms with Crippen LogP contribution in [0.3, 0.4) is 0 Å². The minimum Gasteiger partial charge on any atom is -0.273 e. The monoisotopic (exact) mass is 368 g/mol. The van der Waals surface area contributed by atoms with E-state index in [2.05, 4.69) is 34.8 Å². The molecule has 3 heteroatoms. The molecule has 3 nitrogen and oxygen atoms in total. The second-order valence-corrected chi connectivity index (χ2v) is 7.31. The summed E-state index contributed by atoms with van der Waals surface area (Å²) in [6.07, 6.45) is 3.58. The summed E-state index contributed by atoms with van der Waals surface area (Å²) < 4.78 is 0. The first-order chi connectivity index (χ1) is 13.8. The molecule has 0 bridgehead atoms. The van der Waals surface area contributed by atoms with Gasteiger partial charge in [0, 0.05) is 17.5 Å². The second-order valence-electron chi connectivity index (χ2n) is 7.31. The fourth-order valence-electron chi connectivity index (χ4n) is 3.86. The van der Waals surface area contributed by atoms with Crippen molar-refractivity contribution < 1.29 is 4.79 Å². The van der Waals surface area contributed by atoms with Crippen LogP contribution in [0, 0.1) is 5.92 Å². The van der Waals surface area contributed by atoms with Crippen molar-refractivity contribution in [3.05, 3.63) is 107 Å². The number of rotatable bonds is 5. The largest absolute Gasteiger partial charge is 0.273 e. The number of nitrogens with zero attached hydrogens (tertiary/aromatic N) is 1. The molecule has 1 amide bonds. The third kappa shape index (κ3) is 4.37. The van der Waals surface area contributed by atoms with Crippen LogP contribution in [0.5, 0.6) is 0 Å². The Balaban J connectivity index is 1.46. The lowest BCUT2D eigenvalue weighted by Gasteiger charge is -2.23. The summed E-state index contributed by atoms with van der Waals surface area (Å²) in [5.74, 6) is 0.357. The highest BCUT2D eigenvalue weighted by Gasteiger charge is 2.20. The summed E-state index contributed by atoms with van der Waals surface area (Å²) in [4.78, 5) is 12.6. The minimum atomic E-state index is -0.0197. The quantitative estimate of drug-likeness (QED) is 0.512. The average Bonchev–Trinajstić information content (AvgIpc) is 2.75. The van der Waals surface area contributed by atoms with E-state index >= 15 is 0 Å². The van der Waals surface area contributed by atoms with Gasteiger partial charge in [-0.15, -0.1) is 0 Å². The van der Waals surface area contributed by atoms with Gasteiger partial charge in [0.2, 0.25) is 5.91 Å². The Morgan fingerprint density at radius 1 is 0.821 bits per heavy atom. The predicted octanol–water partition coefficient (Wildman–Crippen LogP) is 4.75. The van der Waals surface area contributed by atoms with Gasteiger partial charge in [-0.3, -0.25) is 4.79 Å². The Kier molecular flexibility index (Phi) is 5.62. The minimum absolute atomic E-state index is 0.0197. The highest BCUT2D eigenvalue weighted by Crippen LogP contribution is 2.27. The number of benzene rings is 3. The predicted molar refractivity (Wildman–Crippen MR) is 113 cm³/mol. The van der Waals surface area contributed by atoms with E-state index in [1.807, 2.05) is 60.7 Å². The molecule has 28 heavy (non-hydrogen) atoms. The molecule has 1 aliphatic carbocycles. The van der Waals surface area contributed by atoms with Crippen molar-refractivity contribution in [3.63, 3.8) is 0 Å². The average molecular weight is 368 g/mol. The van der Waals surface area contributed by atoms with Crippen LogP contribution in [0.2, 0.25) is 0 Å². The number of nitrogens with one attached hydrogen (secondary N) is 1. The van der Waals surface area contributed by atoms with Crippen molar-refractivity contribution in [1.29, 1.82) is 0 Å². The summed E-state index contributed by atoms with van der Waals surface area (Å²) in [6, 6.07) is 28.5. The normalized spacial score (nSPS) is 15.4. The molecule has 0 heterocycles. The van der Waals surface area contributed by atoms with Crippen molar-refractivity contribution in [2.45, 2.75) is 25.7 Å². The maximum Gasteiger partial charge on any atom is 0.240 e. The smallest absolute Gasteiger partial charge is 0.240 e. The lowest BCUT2D eigenvalue weighted by atomic mass is 9.82. The molecule has 1 N–H and O–H groups in total. The van der Waals surface area contributed by atoms with Gasteiger partial charge in [0.25, 0.3) is 0 Å². The molecule has 1 atom stereocenters. The molecule has 0 saturated heterocycles. The molecular weight excluding hydrogens is 344 g/mol. The van der Waals surface area contributed by atoms with Gasteiger partial charge in [-0.1, -0.05) is 84.9 Å². The van der Waals surface area contributed by atoms with E-state index < -0.39 is 0 Å². The Labute approximate surface area is 166 Å². The molecule has 4 rings (SSSR count). The highest BCUT2D eigenvalue weighted by atomic mass is 16.2. The molecule has 3 aromatic carbocycles. The van der Waals surface area contributed by atoms with Crippen molar-refractivity contribution in [2.24, 2.45) is 11.0 Å². The number of hydrogen-bond acceptors (Lipinski definition) is 2. The first kappa shape index (κ1) is 18.2. The summed E-state index contributed by atoms with van der Waals surface area (Å²) in [5.41, 5.74) is 8.36. The zero-order chi connectivity index (χ0) is 19.2. The molecule has 0 aromatic heterocycles. The molecule has 0 saturated carbocycles. The van der Waals surface area contributed by atoms with Crippen LogP contribution in [0.25, 0.3) is 0 Å². The van der Waals surface area contributed by atoms with Gasteiger partial charge < -0.3 is 0 Å². The third-order valence-corrected chi connectivity index (χ3v) is 5.31. The van der Waals surface area contributed by atoms with Crippen molar-refractivity contribution in [3.8, 4) is 0 Å². The van der Waals surface area contributed by atoms with Crippen molar-refractivity contribution in [2.75, 3.05) is 0 Å². The number of fused-ring (bicyclic) bond motifs is 1. The van der Waals surface area contributed by atoms with Gasteiger partial charge in [0.15, 0.2) is 0 Å². The molecule has 3 aromatic rings. The number of amides is 1. The molecule has 0 aliphatic heterocycles. The zero-order valence-electron chi connectivity index (χ0n) is 15.8. The molecular formula is C25H24N2O. The summed E-state index contributed by atoms with van der Waals surface area (Å²) in [7, 11) is 0. The van der Waals surface area contributed by atoms with Crippen LogP contribution >= 0.6 is 0 Å². The Hall–Kier alpha value is -3.20. The highest BCUT2D eigenvalue weighted by molar-refractivity contribution is 6.13. The number of hydrogen-bond donors (Lipinski definition) is 1. The topological polar surface area (TPSA) is 41.5 Å². The summed E-state index contributed by atoms with van der Waals surface area (Å²) >= 11 is 0. The van der Waals surface area contributed by atoms with Crippen LogP contribution in [0.1, 0.15) is 35.1 Å². The first-order valence-corrected chi connectivity index (χ1v) is 9.84. The number of carbonyl (C=O) groups excluding carboxylic acids is 1. The molecule has 140 valence electrons. The summed E-state index contributed by atoms with van der Waals surface area (Å²) in [5, 5.41) is 4.49. The number of carbonyl (C=O) groups is 1. The number of hydrazone groups is 1. The maximum absolute atomic E-state index is 12.6. The van der Waals surface area contributed by atoms with E-state index in [0.29, 0.717) is 12.3 Å². The fourth-order valence-corrected chi connectivity index (χ4v) is 3.86. The Morgan fingerprint density at radius 2 is 1.39 bits per heavy atom. The van der Waals surface area contributed by atoms with E-state index in [0.717, 1.165) is 36.1 Å². The lowest BCUT2D eigenvalue weighted by Crippen LogP contribution is -2.25. The number of aryl methyl sites for hydroxylation is 1. The van der Waals surface area contributed by atoms with Gasteiger partial charge in [0.1, 0.15) is 0 Å². The van der Waals surface area contributed by atoms with E-state index in [4.69, 9.17) is 0 Å². The molecule has 0 spiro atoms. The molecule has 1 unspecified atom stereocenters. The van der Waals surface area contributed by atoms with Crippen LogP contribution in [-0.2, 0) is 17.6 Å². The van der Waals surface area contributed by atoms with Gasteiger partial charge in [-0.05, 0) is 36.3 Å². The van der Waals surface area contributed by atoms with E-state index in [1.54, 1.807) is 0 Å². The van der Waals surface area contributed by atoms with Crippen LogP contribution in [0.4, 0.5) is 0 Å². The van der Waals surface area contributed by atoms with E-state index in [1.165, 1.54) is 11.1 Å². The SMILES string of the molecule is O=C(CC1CCc2ccccc2C1)NN=C(c1ccccc1)c1ccccc1. The molecule has 0 fully saturated rings. The fraction of sp³-hybridized carbons (Fsp3) is 0.200. The Morgan fingerprint density at radius 3 is 2.04 bits per heavy atom. The lowest BCUT2D eigenvalue weighted by molar-refractivity contribution is -0.122. The standard InChI is InChI=1S/C25H24N2O/c28-24(18-19-15-16-20-9-7-8-14-23(20)17-19)26-27-25(21-10-3-1-4-11-21)22-12-5-2-6-13-22/h1-14,19H,15-18H2,(H,26,28). The molecule has 1 aliphatic rings. The summed E-state index contributed by atoms with van der Waals surface area (Å²) in [6.45, 7) is 0. The Bertz CT molecular complexity index is 923. The van der Waals surface area contributed by atoms with Crippen LogP contribution in [-0.4, -0.2) is 11.6 Å². The van der Waals surface area contributed by atoms with Gasteiger partial charge >= 0.3 is 0 Å². The van der Waals surface area contributed by atoms with Crippen molar-refractivity contribution >= 4 is 11.6 Å². The second kappa shape index (κ2) is 8.66. The molecule has 0 radical (unpaired) electrons. The van der Waals surface area contributed by atoms with Crippen LogP contribution < -0.4 is 5.43 Å². The zero-order valence-corrected chi connectivity index (χ0v) is 15.8. The van der Waals surface area contributed by atoms with Gasteiger partial charge in [-0.25, -0.2) is 5.43 Å². The van der Waals surface area contributed by atoms with Crippen molar-refractivity contribution in [1.82, 2.24) is 5.43 Å². The van der Waals surface area contributed by atoms with Gasteiger partial charge in [0.05, 0.1) is 5.71 Å². The van der Waals surface area contributed by atoms with E-state index in [-0.39, 0.29) is 5.91 Å². The maximum atomic E-state index is 12.6. The van der Waals surface area contributed by atoms with E-state index in [9.17, 15) is 4.79 Å². The third-order valence-electron chi connectivity index (χ3n) is 5.31. The first-order valence-electron chi connectivity index (χ1n) is 9.84.